The van der Waals surface area contributed by atoms with E-state index in [4.69, 9.17) is 9.47 Å². The van der Waals surface area contributed by atoms with Crippen molar-refractivity contribution in [3.8, 4) is 11.8 Å². The molecule has 31 heavy (non-hydrogen) atoms. The zero-order valence-electron chi connectivity index (χ0n) is 18.2. The molecule has 1 aliphatic heterocycles. The minimum absolute atomic E-state index is 0.109. The topological polar surface area (TPSA) is 21.7 Å². The first kappa shape index (κ1) is 21.3. The van der Waals surface area contributed by atoms with Crippen molar-refractivity contribution in [2.75, 3.05) is 6.61 Å². The van der Waals surface area contributed by atoms with Crippen LogP contribution in [0.5, 0.6) is 0 Å². The first-order valence-electron chi connectivity index (χ1n) is 10.8. The first-order valence-corrected chi connectivity index (χ1v) is 10.8. The number of hydrogen-bond acceptors (Lipinski definition) is 3. The van der Waals surface area contributed by atoms with Gasteiger partial charge in [-0.25, -0.2) is 0 Å². The molecular weight excluding hydrogens is 382 g/mol. The fourth-order valence-corrected chi connectivity index (χ4v) is 3.86. The van der Waals surface area contributed by atoms with Crippen LogP contribution in [0.4, 0.5) is 0 Å². The summed E-state index contributed by atoms with van der Waals surface area (Å²) >= 11 is 0. The van der Waals surface area contributed by atoms with E-state index in [1.807, 2.05) is 56.3 Å². The summed E-state index contributed by atoms with van der Waals surface area (Å²) in [6, 6.07) is 31.1. The summed E-state index contributed by atoms with van der Waals surface area (Å²) in [7, 11) is 0. The summed E-state index contributed by atoms with van der Waals surface area (Å²) in [6.07, 6.45) is -0.126. The normalized spacial score (nSPS) is 18.4. The molecule has 0 N–H and O–H groups in total. The number of benzene rings is 3. The van der Waals surface area contributed by atoms with Crippen LogP contribution < -0.4 is 0 Å². The van der Waals surface area contributed by atoms with Gasteiger partial charge in [0.25, 0.3) is 0 Å². The van der Waals surface area contributed by atoms with Gasteiger partial charge in [0.2, 0.25) is 0 Å². The highest BCUT2D eigenvalue weighted by Gasteiger charge is 2.39. The molecule has 0 amide bonds. The molecule has 1 fully saturated rings. The largest absolute Gasteiger partial charge is 0.348 e. The van der Waals surface area contributed by atoms with Crippen LogP contribution in [0.1, 0.15) is 30.5 Å². The SMILES string of the molecule is CC1(C)OCC(C(C#Cc2ccccc2)N(Cc2ccccc2)Cc2ccccc2)O1. The van der Waals surface area contributed by atoms with Crippen LogP contribution in [0, 0.1) is 11.8 Å². The molecule has 0 aliphatic carbocycles. The van der Waals surface area contributed by atoms with E-state index >= 15 is 0 Å². The van der Waals surface area contributed by atoms with Gasteiger partial charge in [0.05, 0.1) is 6.61 Å². The second-order valence-corrected chi connectivity index (χ2v) is 8.32. The van der Waals surface area contributed by atoms with Crippen molar-refractivity contribution in [3.63, 3.8) is 0 Å². The zero-order valence-corrected chi connectivity index (χ0v) is 18.2. The van der Waals surface area contributed by atoms with E-state index in [2.05, 4.69) is 65.3 Å². The Bertz CT molecular complexity index is 965. The lowest BCUT2D eigenvalue weighted by Crippen LogP contribution is -2.44. The van der Waals surface area contributed by atoms with Gasteiger partial charge in [-0.3, -0.25) is 4.90 Å². The summed E-state index contributed by atoms with van der Waals surface area (Å²) in [5, 5.41) is 0. The highest BCUT2D eigenvalue weighted by molar-refractivity contribution is 5.35. The molecule has 4 rings (SSSR count). The third-order valence-electron chi connectivity index (χ3n) is 5.37. The van der Waals surface area contributed by atoms with Gasteiger partial charge in [0.15, 0.2) is 5.79 Å². The predicted octanol–water partition coefficient (Wildman–Crippen LogP) is 5.26. The molecule has 1 heterocycles. The average molecular weight is 412 g/mol. The summed E-state index contributed by atoms with van der Waals surface area (Å²) in [5.74, 6) is 6.31. The molecule has 0 radical (unpaired) electrons. The molecule has 158 valence electrons. The van der Waals surface area contributed by atoms with Crippen LogP contribution >= 0.6 is 0 Å². The third kappa shape index (κ3) is 6.06. The average Bonchev–Trinajstić information content (AvgIpc) is 3.15. The number of hydrogen-bond donors (Lipinski definition) is 0. The van der Waals surface area contributed by atoms with E-state index in [9.17, 15) is 0 Å². The molecule has 0 saturated carbocycles. The maximum atomic E-state index is 6.29. The van der Waals surface area contributed by atoms with E-state index in [-0.39, 0.29) is 12.1 Å². The van der Waals surface area contributed by atoms with Crippen molar-refractivity contribution < 1.29 is 9.47 Å². The zero-order chi connectivity index (χ0) is 21.5. The predicted molar refractivity (Wildman–Crippen MR) is 124 cm³/mol. The van der Waals surface area contributed by atoms with E-state index in [0.717, 1.165) is 18.7 Å². The second-order valence-electron chi connectivity index (χ2n) is 8.32. The van der Waals surface area contributed by atoms with Crippen LogP contribution in [0.15, 0.2) is 91.0 Å². The molecule has 2 unspecified atom stereocenters. The van der Waals surface area contributed by atoms with E-state index < -0.39 is 5.79 Å². The van der Waals surface area contributed by atoms with Gasteiger partial charge < -0.3 is 9.47 Å². The van der Waals surface area contributed by atoms with Crippen molar-refractivity contribution in [1.82, 2.24) is 4.90 Å². The van der Waals surface area contributed by atoms with Gasteiger partial charge in [-0.05, 0) is 37.1 Å². The molecule has 3 aromatic rings. The summed E-state index contributed by atoms with van der Waals surface area (Å²) in [4.78, 5) is 2.40. The summed E-state index contributed by atoms with van der Waals surface area (Å²) in [5.41, 5.74) is 3.51. The Hall–Kier alpha value is -2.90. The number of nitrogens with zero attached hydrogens (tertiary/aromatic N) is 1. The Labute approximate surface area is 185 Å². The minimum atomic E-state index is -0.595. The lowest BCUT2D eigenvalue weighted by Gasteiger charge is -2.32. The van der Waals surface area contributed by atoms with Gasteiger partial charge >= 0.3 is 0 Å². The fraction of sp³-hybridized carbons (Fsp3) is 0.286. The maximum absolute atomic E-state index is 6.29. The molecule has 1 saturated heterocycles. The second kappa shape index (κ2) is 9.94. The molecule has 0 bridgehead atoms. The van der Waals surface area contributed by atoms with Crippen molar-refractivity contribution >= 4 is 0 Å². The highest BCUT2D eigenvalue weighted by Crippen LogP contribution is 2.28. The lowest BCUT2D eigenvalue weighted by atomic mass is 10.1. The Balaban J connectivity index is 1.68. The number of ether oxygens (including phenoxy) is 2. The molecule has 0 aromatic heterocycles. The van der Waals surface area contributed by atoms with Crippen LogP contribution in [0.2, 0.25) is 0 Å². The Morgan fingerprint density at radius 1 is 0.839 bits per heavy atom. The highest BCUT2D eigenvalue weighted by atomic mass is 16.7. The van der Waals surface area contributed by atoms with Crippen LogP contribution in [-0.2, 0) is 22.6 Å². The number of rotatable bonds is 6. The molecular formula is C28H29NO2. The monoisotopic (exact) mass is 411 g/mol. The van der Waals surface area contributed by atoms with Gasteiger partial charge in [0, 0.05) is 18.7 Å². The van der Waals surface area contributed by atoms with Crippen molar-refractivity contribution in [2.24, 2.45) is 0 Å². The van der Waals surface area contributed by atoms with E-state index in [0.29, 0.717) is 6.61 Å². The smallest absolute Gasteiger partial charge is 0.163 e. The van der Waals surface area contributed by atoms with Gasteiger partial charge in [-0.2, -0.15) is 0 Å². The molecule has 3 aromatic carbocycles. The van der Waals surface area contributed by atoms with Gasteiger partial charge in [-0.15, -0.1) is 0 Å². The Morgan fingerprint density at radius 3 is 1.84 bits per heavy atom. The minimum Gasteiger partial charge on any atom is -0.348 e. The maximum Gasteiger partial charge on any atom is 0.163 e. The standard InChI is InChI=1S/C28H29NO2/c1-28(2)30-22-27(31-28)26(19-18-23-12-6-3-7-13-23)29(20-24-14-8-4-9-15-24)21-25-16-10-5-11-17-25/h3-17,26-27H,20-22H2,1-2H3. The Kier molecular flexibility index (Phi) is 6.84. The lowest BCUT2D eigenvalue weighted by molar-refractivity contribution is -0.144. The van der Waals surface area contributed by atoms with E-state index in [1.54, 1.807) is 0 Å². The van der Waals surface area contributed by atoms with Crippen LogP contribution in [-0.4, -0.2) is 29.4 Å². The summed E-state index contributed by atoms with van der Waals surface area (Å²) < 4.78 is 12.2. The van der Waals surface area contributed by atoms with Crippen LogP contribution in [0.3, 0.4) is 0 Å². The van der Waals surface area contributed by atoms with Crippen molar-refractivity contribution in [3.05, 3.63) is 108 Å². The molecule has 3 nitrogen and oxygen atoms in total. The quantitative estimate of drug-likeness (QED) is 0.517. The van der Waals surface area contributed by atoms with Gasteiger partial charge in [-0.1, -0.05) is 90.7 Å². The van der Waals surface area contributed by atoms with E-state index in [1.165, 1.54) is 11.1 Å². The molecule has 1 aliphatic rings. The summed E-state index contributed by atoms with van der Waals surface area (Å²) in [6.45, 7) is 6.02. The molecule has 2 atom stereocenters. The molecule has 3 heteroatoms. The van der Waals surface area contributed by atoms with Crippen molar-refractivity contribution in [1.29, 1.82) is 0 Å². The van der Waals surface area contributed by atoms with Crippen LogP contribution in [0.25, 0.3) is 0 Å². The Morgan fingerprint density at radius 2 is 1.35 bits per heavy atom. The third-order valence-corrected chi connectivity index (χ3v) is 5.37. The van der Waals surface area contributed by atoms with Crippen molar-refractivity contribution in [2.45, 2.75) is 44.9 Å². The first-order chi connectivity index (χ1) is 15.1. The fourth-order valence-electron chi connectivity index (χ4n) is 3.86. The van der Waals surface area contributed by atoms with Gasteiger partial charge in [0.1, 0.15) is 12.1 Å². The molecule has 0 spiro atoms.